The van der Waals surface area contributed by atoms with Crippen LogP contribution in [0.1, 0.15) is 18.5 Å². The number of hydrogen-bond donors (Lipinski definition) is 1. The minimum absolute atomic E-state index is 0.130. The van der Waals surface area contributed by atoms with Gasteiger partial charge in [0.1, 0.15) is 0 Å². The summed E-state index contributed by atoms with van der Waals surface area (Å²) in [6, 6.07) is 8.37. The highest BCUT2D eigenvalue weighted by molar-refractivity contribution is 5.71. The molecule has 1 rings (SSSR count). The predicted octanol–water partition coefficient (Wildman–Crippen LogP) is 1.58. The van der Waals surface area contributed by atoms with Crippen LogP contribution in [0.4, 0.5) is 5.69 Å². The summed E-state index contributed by atoms with van der Waals surface area (Å²) in [7, 11) is 5.41. The minimum Gasteiger partial charge on any atom is -0.468 e. The van der Waals surface area contributed by atoms with Crippen molar-refractivity contribution in [3.8, 4) is 0 Å². The van der Waals surface area contributed by atoms with Crippen molar-refractivity contribution in [1.29, 1.82) is 0 Å². The third-order valence-corrected chi connectivity index (χ3v) is 2.69. The molecule has 0 aromatic heterocycles. The molecule has 17 heavy (non-hydrogen) atoms. The van der Waals surface area contributed by atoms with Crippen LogP contribution in [-0.4, -0.2) is 33.7 Å². The Morgan fingerprint density at radius 1 is 1.35 bits per heavy atom. The maximum Gasteiger partial charge on any atom is 0.319 e. The van der Waals surface area contributed by atoms with Crippen molar-refractivity contribution >= 4 is 11.7 Å². The molecular weight excluding hydrogens is 216 g/mol. The van der Waals surface area contributed by atoms with E-state index < -0.39 is 0 Å². The van der Waals surface area contributed by atoms with Gasteiger partial charge in [0.2, 0.25) is 0 Å². The summed E-state index contributed by atoms with van der Waals surface area (Å²) in [6.07, 6.45) is 0. The first kappa shape index (κ1) is 13.5. The Morgan fingerprint density at radius 2 is 1.94 bits per heavy atom. The molecule has 0 bridgehead atoms. The molecule has 1 N–H and O–H groups in total. The van der Waals surface area contributed by atoms with Gasteiger partial charge in [-0.1, -0.05) is 12.1 Å². The van der Waals surface area contributed by atoms with Crippen molar-refractivity contribution in [2.45, 2.75) is 13.0 Å². The number of methoxy groups -OCH3 is 1. The van der Waals surface area contributed by atoms with E-state index >= 15 is 0 Å². The van der Waals surface area contributed by atoms with E-state index in [0.29, 0.717) is 0 Å². The van der Waals surface area contributed by atoms with E-state index in [-0.39, 0.29) is 18.6 Å². The van der Waals surface area contributed by atoms with Crippen molar-refractivity contribution < 1.29 is 9.53 Å². The van der Waals surface area contributed by atoms with Gasteiger partial charge < -0.3 is 15.0 Å². The normalized spacial score (nSPS) is 12.0. The maximum absolute atomic E-state index is 11.0. The molecule has 1 atom stereocenters. The van der Waals surface area contributed by atoms with Crippen LogP contribution in [0.5, 0.6) is 0 Å². The lowest BCUT2D eigenvalue weighted by atomic mass is 10.1. The molecule has 0 spiro atoms. The van der Waals surface area contributed by atoms with Crippen molar-refractivity contribution in [3.63, 3.8) is 0 Å². The topological polar surface area (TPSA) is 41.6 Å². The quantitative estimate of drug-likeness (QED) is 0.788. The van der Waals surface area contributed by atoms with Crippen molar-refractivity contribution in [1.82, 2.24) is 5.32 Å². The van der Waals surface area contributed by atoms with Crippen LogP contribution in [0.2, 0.25) is 0 Å². The van der Waals surface area contributed by atoms with Crippen molar-refractivity contribution in [2.24, 2.45) is 0 Å². The summed E-state index contributed by atoms with van der Waals surface area (Å²) in [5.74, 6) is -0.248. The molecule has 0 heterocycles. The summed E-state index contributed by atoms with van der Waals surface area (Å²) in [5, 5.41) is 3.11. The summed E-state index contributed by atoms with van der Waals surface area (Å²) in [5.41, 5.74) is 2.31. The average Bonchev–Trinajstić information content (AvgIpc) is 2.35. The van der Waals surface area contributed by atoms with E-state index in [0.717, 1.165) is 11.3 Å². The maximum atomic E-state index is 11.0. The number of carbonyl (C=O) groups excluding carboxylic acids is 1. The number of nitrogens with zero attached hydrogens (tertiary/aromatic N) is 1. The van der Waals surface area contributed by atoms with E-state index in [4.69, 9.17) is 0 Å². The van der Waals surface area contributed by atoms with Crippen LogP contribution >= 0.6 is 0 Å². The molecule has 0 saturated heterocycles. The van der Waals surface area contributed by atoms with Gasteiger partial charge in [0.25, 0.3) is 0 Å². The zero-order valence-electron chi connectivity index (χ0n) is 10.9. The Morgan fingerprint density at radius 3 is 2.41 bits per heavy atom. The van der Waals surface area contributed by atoms with Crippen LogP contribution in [0.25, 0.3) is 0 Å². The highest BCUT2D eigenvalue weighted by atomic mass is 16.5. The van der Waals surface area contributed by atoms with Crippen molar-refractivity contribution in [2.75, 3.05) is 32.6 Å². The summed E-state index contributed by atoms with van der Waals surface area (Å²) >= 11 is 0. The van der Waals surface area contributed by atoms with Crippen LogP contribution in [-0.2, 0) is 9.53 Å². The molecule has 4 heteroatoms. The summed E-state index contributed by atoms with van der Waals surface area (Å²) < 4.78 is 4.58. The second-order valence-corrected chi connectivity index (χ2v) is 4.16. The van der Waals surface area contributed by atoms with Gasteiger partial charge in [0.05, 0.1) is 13.7 Å². The standard InChI is InChI=1S/C13H20N2O2/c1-10(14-9-13(16)17-4)11-5-7-12(8-6-11)15(2)3/h5-8,10,14H,9H2,1-4H3. The van der Waals surface area contributed by atoms with Crippen LogP contribution in [0.3, 0.4) is 0 Å². The van der Waals surface area contributed by atoms with Gasteiger partial charge in [-0.05, 0) is 24.6 Å². The number of hydrogen-bond acceptors (Lipinski definition) is 4. The van der Waals surface area contributed by atoms with Gasteiger partial charge in [0, 0.05) is 25.8 Å². The molecule has 4 nitrogen and oxygen atoms in total. The van der Waals surface area contributed by atoms with Gasteiger partial charge in [-0.2, -0.15) is 0 Å². The Labute approximate surface area is 103 Å². The third-order valence-electron chi connectivity index (χ3n) is 2.69. The summed E-state index contributed by atoms with van der Waals surface area (Å²) in [6.45, 7) is 2.25. The number of benzene rings is 1. The van der Waals surface area contributed by atoms with E-state index in [9.17, 15) is 4.79 Å². The van der Waals surface area contributed by atoms with Crippen LogP contribution in [0, 0.1) is 0 Å². The predicted molar refractivity (Wildman–Crippen MR) is 69.2 cm³/mol. The number of anilines is 1. The first-order chi connectivity index (χ1) is 8.04. The highest BCUT2D eigenvalue weighted by Crippen LogP contribution is 2.17. The molecular formula is C13H20N2O2. The number of carbonyl (C=O) groups is 1. The average molecular weight is 236 g/mol. The first-order valence-electron chi connectivity index (χ1n) is 5.62. The Bertz CT molecular complexity index is 360. The molecule has 0 aliphatic heterocycles. The number of ether oxygens (including phenoxy) is 1. The fourth-order valence-electron chi connectivity index (χ4n) is 1.49. The SMILES string of the molecule is COC(=O)CNC(C)c1ccc(N(C)C)cc1. The molecule has 0 radical (unpaired) electrons. The monoisotopic (exact) mass is 236 g/mol. The Balaban J connectivity index is 2.57. The molecule has 0 fully saturated rings. The second-order valence-electron chi connectivity index (χ2n) is 4.16. The van der Waals surface area contributed by atoms with Gasteiger partial charge in [-0.15, -0.1) is 0 Å². The summed E-state index contributed by atoms with van der Waals surface area (Å²) in [4.78, 5) is 13.1. The lowest BCUT2D eigenvalue weighted by molar-refractivity contribution is -0.139. The fraction of sp³-hybridized carbons (Fsp3) is 0.462. The molecule has 1 unspecified atom stereocenters. The zero-order chi connectivity index (χ0) is 12.8. The van der Waals surface area contributed by atoms with Gasteiger partial charge in [0.15, 0.2) is 0 Å². The molecule has 0 aliphatic rings. The van der Waals surface area contributed by atoms with Crippen LogP contribution in [0.15, 0.2) is 24.3 Å². The van der Waals surface area contributed by atoms with Gasteiger partial charge in [-0.25, -0.2) is 0 Å². The Hall–Kier alpha value is -1.55. The first-order valence-corrected chi connectivity index (χ1v) is 5.62. The third kappa shape index (κ3) is 4.07. The number of nitrogens with one attached hydrogen (secondary N) is 1. The molecule has 1 aromatic carbocycles. The second kappa shape index (κ2) is 6.25. The van der Waals surface area contributed by atoms with Gasteiger partial charge >= 0.3 is 5.97 Å². The number of rotatable bonds is 5. The number of esters is 1. The van der Waals surface area contributed by atoms with Gasteiger partial charge in [-0.3, -0.25) is 4.79 Å². The van der Waals surface area contributed by atoms with E-state index in [1.165, 1.54) is 7.11 Å². The lowest BCUT2D eigenvalue weighted by Gasteiger charge is -2.16. The van der Waals surface area contributed by atoms with Crippen LogP contribution < -0.4 is 10.2 Å². The van der Waals surface area contributed by atoms with E-state index in [1.54, 1.807) is 0 Å². The van der Waals surface area contributed by atoms with E-state index in [1.807, 2.05) is 21.0 Å². The highest BCUT2D eigenvalue weighted by Gasteiger charge is 2.07. The molecule has 0 aliphatic carbocycles. The molecule has 94 valence electrons. The minimum atomic E-state index is -0.248. The fourth-order valence-corrected chi connectivity index (χ4v) is 1.49. The smallest absolute Gasteiger partial charge is 0.319 e. The Kier molecular flexibility index (Phi) is 4.97. The molecule has 0 amide bonds. The van der Waals surface area contributed by atoms with E-state index in [2.05, 4.69) is 39.2 Å². The lowest BCUT2D eigenvalue weighted by Crippen LogP contribution is -2.26. The van der Waals surface area contributed by atoms with Crippen molar-refractivity contribution in [3.05, 3.63) is 29.8 Å². The molecule has 0 saturated carbocycles. The zero-order valence-corrected chi connectivity index (χ0v) is 10.9. The largest absolute Gasteiger partial charge is 0.468 e. The molecule has 1 aromatic rings.